The summed E-state index contributed by atoms with van der Waals surface area (Å²) >= 11 is 0. The standard InChI is InChI=1S/C27H28N2O3/c1-29(18-22-9-5-6-10-23(22)19-7-3-2-4-8-19)27(30)28-26(20-11-12-20)21-13-14-24-25(17-21)32-16-15-31-24/h2-10,13-14,17,20,26H,11-12,15-16,18H2,1H3,(H,28,30). The highest BCUT2D eigenvalue weighted by molar-refractivity contribution is 5.75. The highest BCUT2D eigenvalue weighted by atomic mass is 16.6. The average molecular weight is 429 g/mol. The third kappa shape index (κ3) is 4.42. The van der Waals surface area contributed by atoms with E-state index in [0.717, 1.165) is 46.6 Å². The lowest BCUT2D eigenvalue weighted by atomic mass is 9.99. The molecule has 0 aromatic heterocycles. The number of urea groups is 1. The summed E-state index contributed by atoms with van der Waals surface area (Å²) in [4.78, 5) is 14.9. The first-order valence-corrected chi connectivity index (χ1v) is 11.2. The smallest absolute Gasteiger partial charge is 0.317 e. The van der Waals surface area contributed by atoms with E-state index in [1.54, 1.807) is 4.90 Å². The van der Waals surface area contributed by atoms with Crippen LogP contribution in [0.5, 0.6) is 11.5 Å². The molecule has 1 saturated carbocycles. The molecule has 3 aromatic rings. The van der Waals surface area contributed by atoms with E-state index in [0.29, 0.717) is 25.7 Å². The van der Waals surface area contributed by atoms with Crippen molar-refractivity contribution in [2.24, 2.45) is 5.92 Å². The zero-order valence-corrected chi connectivity index (χ0v) is 18.3. The summed E-state index contributed by atoms with van der Waals surface area (Å²) in [5, 5.41) is 3.27. The van der Waals surface area contributed by atoms with Gasteiger partial charge in [0.25, 0.3) is 0 Å². The molecule has 0 radical (unpaired) electrons. The van der Waals surface area contributed by atoms with Gasteiger partial charge in [-0.25, -0.2) is 4.79 Å². The second kappa shape index (κ2) is 8.95. The number of hydrogen-bond acceptors (Lipinski definition) is 3. The van der Waals surface area contributed by atoms with Crippen LogP contribution < -0.4 is 14.8 Å². The van der Waals surface area contributed by atoms with Crippen molar-refractivity contribution in [2.75, 3.05) is 20.3 Å². The number of carbonyl (C=O) groups excluding carboxylic acids is 1. The number of hydrogen-bond donors (Lipinski definition) is 1. The molecule has 2 amide bonds. The predicted molar refractivity (Wildman–Crippen MR) is 125 cm³/mol. The molecule has 1 atom stereocenters. The van der Waals surface area contributed by atoms with Crippen molar-refractivity contribution in [3.05, 3.63) is 83.9 Å². The molecule has 5 nitrogen and oxygen atoms in total. The van der Waals surface area contributed by atoms with Crippen molar-refractivity contribution in [3.63, 3.8) is 0 Å². The van der Waals surface area contributed by atoms with Crippen LogP contribution in [-0.4, -0.2) is 31.2 Å². The second-order valence-electron chi connectivity index (χ2n) is 8.55. The molecule has 5 heteroatoms. The Morgan fingerprint density at radius 1 is 0.969 bits per heavy atom. The molecular formula is C27H28N2O3. The zero-order valence-electron chi connectivity index (χ0n) is 18.3. The van der Waals surface area contributed by atoms with Crippen LogP contribution in [0.15, 0.2) is 72.8 Å². The van der Waals surface area contributed by atoms with Gasteiger partial charge in [-0.15, -0.1) is 0 Å². The lowest BCUT2D eigenvalue weighted by molar-refractivity contribution is 0.171. The maximum Gasteiger partial charge on any atom is 0.317 e. The van der Waals surface area contributed by atoms with Gasteiger partial charge in [0.1, 0.15) is 13.2 Å². The topological polar surface area (TPSA) is 50.8 Å². The van der Waals surface area contributed by atoms with E-state index in [4.69, 9.17) is 9.47 Å². The van der Waals surface area contributed by atoms with Gasteiger partial charge in [0.15, 0.2) is 11.5 Å². The summed E-state index contributed by atoms with van der Waals surface area (Å²) in [7, 11) is 1.85. The van der Waals surface area contributed by atoms with Gasteiger partial charge in [0.05, 0.1) is 6.04 Å². The van der Waals surface area contributed by atoms with E-state index < -0.39 is 0 Å². The molecule has 0 bridgehead atoms. The molecular weight excluding hydrogens is 400 g/mol. The van der Waals surface area contributed by atoms with Crippen LogP contribution >= 0.6 is 0 Å². The molecule has 1 unspecified atom stereocenters. The Hall–Kier alpha value is -3.47. The number of fused-ring (bicyclic) bond motifs is 1. The SMILES string of the molecule is CN(Cc1ccccc1-c1ccccc1)C(=O)NC(c1ccc2c(c1)OCCO2)C1CC1. The van der Waals surface area contributed by atoms with Crippen LogP contribution in [-0.2, 0) is 6.54 Å². The highest BCUT2D eigenvalue weighted by Gasteiger charge is 2.34. The first-order valence-electron chi connectivity index (χ1n) is 11.2. The number of carbonyl (C=O) groups is 1. The number of amides is 2. The first kappa shape index (κ1) is 20.4. The molecule has 1 aliphatic carbocycles. The number of rotatable bonds is 6. The Kier molecular flexibility index (Phi) is 5.71. The van der Waals surface area contributed by atoms with Crippen molar-refractivity contribution in [1.29, 1.82) is 0 Å². The van der Waals surface area contributed by atoms with Crippen molar-refractivity contribution < 1.29 is 14.3 Å². The maximum atomic E-state index is 13.2. The molecule has 5 rings (SSSR count). The largest absolute Gasteiger partial charge is 0.486 e. The van der Waals surface area contributed by atoms with Gasteiger partial charge in [-0.2, -0.15) is 0 Å². The van der Waals surface area contributed by atoms with Gasteiger partial charge >= 0.3 is 6.03 Å². The summed E-state index contributed by atoms with van der Waals surface area (Å²) < 4.78 is 11.4. The van der Waals surface area contributed by atoms with Crippen LogP contribution in [0.25, 0.3) is 11.1 Å². The Morgan fingerprint density at radius 3 is 2.47 bits per heavy atom. The molecule has 1 N–H and O–H groups in total. The van der Waals surface area contributed by atoms with E-state index >= 15 is 0 Å². The van der Waals surface area contributed by atoms with Crippen LogP contribution in [0.1, 0.15) is 30.0 Å². The van der Waals surface area contributed by atoms with Crippen molar-refractivity contribution in [2.45, 2.75) is 25.4 Å². The molecule has 1 fully saturated rings. The molecule has 3 aromatic carbocycles. The Labute approximate surface area is 189 Å². The van der Waals surface area contributed by atoms with Gasteiger partial charge in [-0.3, -0.25) is 0 Å². The molecule has 1 aliphatic heterocycles. The minimum absolute atomic E-state index is 0.0230. The molecule has 2 aliphatic rings. The van der Waals surface area contributed by atoms with Gasteiger partial charge in [0, 0.05) is 13.6 Å². The van der Waals surface area contributed by atoms with E-state index in [-0.39, 0.29) is 12.1 Å². The highest BCUT2D eigenvalue weighted by Crippen LogP contribution is 2.43. The summed E-state index contributed by atoms with van der Waals surface area (Å²) in [5.41, 5.74) is 4.50. The molecule has 0 saturated heterocycles. The van der Waals surface area contributed by atoms with Crippen molar-refractivity contribution in [3.8, 4) is 22.6 Å². The fraction of sp³-hybridized carbons (Fsp3) is 0.296. The Balaban J connectivity index is 1.31. The van der Waals surface area contributed by atoms with Gasteiger partial charge in [-0.1, -0.05) is 60.7 Å². The predicted octanol–water partition coefficient (Wildman–Crippen LogP) is 5.42. The normalized spacial score (nSPS) is 15.7. The number of benzene rings is 3. The Bertz CT molecular complexity index is 1100. The average Bonchev–Trinajstić information content (AvgIpc) is 3.68. The number of nitrogens with one attached hydrogen (secondary N) is 1. The summed E-state index contributed by atoms with van der Waals surface area (Å²) in [6.07, 6.45) is 2.25. The Morgan fingerprint density at radius 2 is 1.69 bits per heavy atom. The lowest BCUT2D eigenvalue weighted by Crippen LogP contribution is -2.39. The van der Waals surface area contributed by atoms with Gasteiger partial charge in [0.2, 0.25) is 0 Å². The minimum Gasteiger partial charge on any atom is -0.486 e. The van der Waals surface area contributed by atoms with Crippen LogP contribution in [0, 0.1) is 5.92 Å². The maximum absolute atomic E-state index is 13.2. The number of ether oxygens (including phenoxy) is 2. The fourth-order valence-corrected chi connectivity index (χ4v) is 4.28. The van der Waals surface area contributed by atoms with Crippen molar-refractivity contribution >= 4 is 6.03 Å². The second-order valence-corrected chi connectivity index (χ2v) is 8.55. The van der Waals surface area contributed by atoms with Crippen LogP contribution in [0.4, 0.5) is 4.79 Å². The first-order chi connectivity index (χ1) is 15.7. The van der Waals surface area contributed by atoms with E-state index in [1.807, 2.05) is 55.6 Å². The molecule has 32 heavy (non-hydrogen) atoms. The molecule has 1 heterocycles. The monoisotopic (exact) mass is 428 g/mol. The lowest BCUT2D eigenvalue weighted by Gasteiger charge is -2.26. The fourth-order valence-electron chi connectivity index (χ4n) is 4.28. The van der Waals surface area contributed by atoms with E-state index in [1.165, 1.54) is 0 Å². The molecule has 164 valence electrons. The van der Waals surface area contributed by atoms with Gasteiger partial charge < -0.3 is 19.7 Å². The van der Waals surface area contributed by atoms with E-state index in [2.05, 4.69) is 29.6 Å². The summed E-state index contributed by atoms with van der Waals surface area (Å²) in [5.74, 6) is 2.00. The zero-order chi connectivity index (χ0) is 21.9. The minimum atomic E-state index is -0.0698. The van der Waals surface area contributed by atoms with Crippen molar-refractivity contribution in [1.82, 2.24) is 10.2 Å². The quantitative estimate of drug-likeness (QED) is 0.571. The molecule has 0 spiro atoms. The van der Waals surface area contributed by atoms with Crippen LogP contribution in [0.2, 0.25) is 0 Å². The third-order valence-corrected chi connectivity index (χ3v) is 6.15. The third-order valence-electron chi connectivity index (χ3n) is 6.15. The van der Waals surface area contributed by atoms with Gasteiger partial charge in [-0.05, 0) is 53.1 Å². The number of nitrogens with zero attached hydrogens (tertiary/aromatic N) is 1. The summed E-state index contributed by atoms with van der Waals surface area (Å²) in [6.45, 7) is 1.67. The van der Waals surface area contributed by atoms with Crippen LogP contribution in [0.3, 0.4) is 0 Å². The van der Waals surface area contributed by atoms with E-state index in [9.17, 15) is 4.79 Å². The summed E-state index contributed by atoms with van der Waals surface area (Å²) in [6, 6.07) is 24.5.